The topological polar surface area (TPSA) is 0 Å². The Morgan fingerprint density at radius 3 is 2.07 bits per heavy atom. The number of hydrogen-bond donors (Lipinski definition) is 0. The van der Waals surface area contributed by atoms with Gasteiger partial charge in [-0.2, -0.15) is 0 Å². The maximum atomic E-state index is 2.74. The first kappa shape index (κ1) is 19.3. The first-order valence-corrected chi connectivity index (χ1v) is 16.2. The molecule has 3 aliphatic carbocycles. The number of rotatable bonds is 4. The predicted molar refractivity (Wildman–Crippen MR) is 129 cm³/mol. The number of aryl methyl sites for hydroxylation is 2. The first-order chi connectivity index (χ1) is 13.5. The second kappa shape index (κ2) is 6.96. The normalized spacial score (nSPS) is 26.9. The third-order valence-electron chi connectivity index (χ3n) is 7.95. The van der Waals surface area contributed by atoms with Crippen molar-refractivity contribution in [2.24, 2.45) is 11.8 Å². The molecular formula is C25H34S2Si. The van der Waals surface area contributed by atoms with Crippen LogP contribution in [0.15, 0.2) is 23.8 Å². The number of hydrogen-bond acceptors (Lipinski definition) is 2. The van der Waals surface area contributed by atoms with Gasteiger partial charge in [-0.15, -0.1) is 22.7 Å². The van der Waals surface area contributed by atoms with Crippen LogP contribution in [0.1, 0.15) is 71.5 Å². The van der Waals surface area contributed by atoms with E-state index in [1.807, 2.05) is 0 Å². The van der Waals surface area contributed by atoms with Gasteiger partial charge in [0.15, 0.2) is 0 Å². The highest BCUT2D eigenvalue weighted by Gasteiger charge is 2.53. The molecule has 3 atom stereocenters. The highest BCUT2D eigenvalue weighted by Crippen LogP contribution is 2.62. The molecule has 28 heavy (non-hydrogen) atoms. The molecule has 0 aliphatic heterocycles. The summed E-state index contributed by atoms with van der Waals surface area (Å²) in [6.07, 6.45) is 10.9. The summed E-state index contributed by atoms with van der Waals surface area (Å²) >= 11 is 4.29. The van der Waals surface area contributed by atoms with Gasteiger partial charge in [0.05, 0.1) is 8.07 Å². The Labute approximate surface area is 180 Å². The minimum atomic E-state index is -1.56. The van der Waals surface area contributed by atoms with Crippen LogP contribution < -0.4 is 0 Å². The molecule has 2 aromatic rings. The molecule has 0 bridgehead atoms. The van der Waals surface area contributed by atoms with Crippen LogP contribution in [-0.4, -0.2) is 8.07 Å². The summed E-state index contributed by atoms with van der Waals surface area (Å²) in [7, 11) is -1.56. The molecule has 0 radical (unpaired) electrons. The van der Waals surface area contributed by atoms with Gasteiger partial charge in [-0.3, -0.25) is 0 Å². The van der Waals surface area contributed by atoms with E-state index in [9.17, 15) is 0 Å². The van der Waals surface area contributed by atoms with Gasteiger partial charge in [-0.25, -0.2) is 0 Å². The van der Waals surface area contributed by atoms with Gasteiger partial charge in [0.2, 0.25) is 0 Å². The van der Waals surface area contributed by atoms with Gasteiger partial charge in [0, 0.05) is 25.0 Å². The zero-order valence-corrected chi connectivity index (χ0v) is 20.7. The van der Waals surface area contributed by atoms with E-state index in [0.717, 1.165) is 22.9 Å². The monoisotopic (exact) mass is 426 g/mol. The molecule has 0 amide bonds. The molecule has 150 valence electrons. The number of fused-ring (bicyclic) bond motifs is 4. The molecule has 3 heteroatoms. The van der Waals surface area contributed by atoms with Gasteiger partial charge in [0.1, 0.15) is 0 Å². The van der Waals surface area contributed by atoms with E-state index >= 15 is 0 Å². The maximum Gasteiger partial charge on any atom is 0.0699 e. The summed E-state index contributed by atoms with van der Waals surface area (Å²) in [5.74, 6) is 1.83. The van der Waals surface area contributed by atoms with Gasteiger partial charge in [-0.05, 0) is 73.2 Å². The standard InChI is InChI=1S/C25H34S2Si/c1-6-17-13-20-21-14-18(7-2)27-23(21)25(22(20)26-17)28(4,5)24-15(3)12-16-10-8-9-11-19(16)24/h12-14,16,19,24-25H,6-11H2,1-5H3. The van der Waals surface area contributed by atoms with Gasteiger partial charge in [-0.1, -0.05) is 51.4 Å². The van der Waals surface area contributed by atoms with Gasteiger partial charge in [0.25, 0.3) is 0 Å². The lowest BCUT2D eigenvalue weighted by Gasteiger charge is -2.42. The highest BCUT2D eigenvalue weighted by atomic mass is 32.1. The molecule has 0 aromatic carbocycles. The first-order valence-electron chi connectivity index (χ1n) is 11.4. The third kappa shape index (κ3) is 2.72. The minimum absolute atomic E-state index is 0.724. The molecule has 1 fully saturated rings. The van der Waals surface area contributed by atoms with Gasteiger partial charge >= 0.3 is 0 Å². The van der Waals surface area contributed by atoms with Crippen molar-refractivity contribution < 1.29 is 0 Å². The van der Waals surface area contributed by atoms with Crippen molar-refractivity contribution in [3.8, 4) is 11.1 Å². The number of thiophene rings is 2. The van der Waals surface area contributed by atoms with Crippen LogP contribution in [0.3, 0.4) is 0 Å². The maximum absolute atomic E-state index is 2.74. The smallest absolute Gasteiger partial charge is 0.0699 e. The SMILES string of the molecule is CCc1cc2c(s1)C([Si](C)(C)C1C(C)=CC3CCCCC31)c1sc(CC)cc1-2. The average molecular weight is 427 g/mol. The fourth-order valence-electron chi connectivity index (χ4n) is 6.81. The van der Waals surface area contributed by atoms with E-state index in [0.29, 0.717) is 0 Å². The Balaban J connectivity index is 1.62. The van der Waals surface area contributed by atoms with E-state index in [1.165, 1.54) is 38.5 Å². The van der Waals surface area contributed by atoms with Gasteiger partial charge < -0.3 is 0 Å². The van der Waals surface area contributed by atoms with E-state index in [-0.39, 0.29) is 0 Å². The molecular weight excluding hydrogens is 392 g/mol. The van der Waals surface area contributed by atoms with Crippen molar-refractivity contribution in [2.45, 2.75) is 83.5 Å². The quantitative estimate of drug-likeness (QED) is 0.340. The molecule has 3 unspecified atom stereocenters. The molecule has 0 saturated heterocycles. The summed E-state index contributed by atoms with van der Waals surface area (Å²) in [4.78, 5) is 6.65. The van der Waals surface area contributed by atoms with Crippen molar-refractivity contribution in [3.05, 3.63) is 43.3 Å². The van der Waals surface area contributed by atoms with Crippen molar-refractivity contribution in [3.63, 3.8) is 0 Å². The Kier molecular flexibility index (Phi) is 4.80. The molecule has 0 spiro atoms. The van der Waals surface area contributed by atoms with Crippen LogP contribution in [0, 0.1) is 11.8 Å². The molecule has 5 rings (SSSR count). The van der Waals surface area contributed by atoms with Crippen molar-refractivity contribution in [2.75, 3.05) is 0 Å². The zero-order chi connectivity index (χ0) is 19.6. The lowest BCUT2D eigenvalue weighted by Crippen LogP contribution is -2.43. The predicted octanol–water partition coefficient (Wildman–Crippen LogP) is 8.43. The van der Waals surface area contributed by atoms with Crippen molar-refractivity contribution in [1.29, 1.82) is 0 Å². The zero-order valence-electron chi connectivity index (χ0n) is 18.1. The second-order valence-electron chi connectivity index (χ2n) is 9.94. The van der Waals surface area contributed by atoms with Crippen LogP contribution in [0.25, 0.3) is 11.1 Å². The lowest BCUT2D eigenvalue weighted by atomic mass is 9.81. The Morgan fingerprint density at radius 2 is 1.50 bits per heavy atom. The third-order valence-corrected chi connectivity index (χ3v) is 15.6. The largest absolute Gasteiger partial charge is 0.144 e. The highest BCUT2D eigenvalue weighted by molar-refractivity contribution is 7.16. The van der Waals surface area contributed by atoms with Crippen LogP contribution in [0.5, 0.6) is 0 Å². The van der Waals surface area contributed by atoms with Crippen LogP contribution in [0.2, 0.25) is 18.6 Å². The van der Waals surface area contributed by atoms with E-state index in [4.69, 9.17) is 0 Å². The lowest BCUT2D eigenvalue weighted by molar-refractivity contribution is 0.299. The summed E-state index contributed by atoms with van der Waals surface area (Å²) in [5, 5.41) is 0. The average Bonchev–Trinajstić information content (AvgIpc) is 3.38. The fraction of sp³-hybridized carbons (Fsp3) is 0.600. The minimum Gasteiger partial charge on any atom is -0.144 e. The van der Waals surface area contributed by atoms with Crippen molar-refractivity contribution in [1.82, 2.24) is 0 Å². The van der Waals surface area contributed by atoms with Crippen LogP contribution in [-0.2, 0) is 12.8 Å². The van der Waals surface area contributed by atoms with E-state index in [2.05, 4.69) is 74.7 Å². The molecule has 1 saturated carbocycles. The Bertz CT molecular complexity index is 880. The summed E-state index contributed by atoms with van der Waals surface area (Å²) in [6, 6.07) is 5.08. The Morgan fingerprint density at radius 1 is 0.929 bits per heavy atom. The van der Waals surface area contributed by atoms with Crippen molar-refractivity contribution >= 4 is 30.7 Å². The van der Waals surface area contributed by atoms with Crippen LogP contribution >= 0.6 is 22.7 Å². The molecule has 2 aromatic heterocycles. The summed E-state index contributed by atoms with van der Waals surface area (Å²) in [5.41, 5.74) is 6.57. The molecule has 0 N–H and O–H groups in total. The number of allylic oxidation sites excluding steroid dienone is 2. The summed E-state index contributed by atoms with van der Waals surface area (Å²) in [6.45, 7) is 12.6. The summed E-state index contributed by atoms with van der Waals surface area (Å²) < 4.78 is 0. The van der Waals surface area contributed by atoms with E-state index in [1.54, 1.807) is 36.2 Å². The molecule has 0 nitrogen and oxygen atoms in total. The molecule has 2 heterocycles. The second-order valence-corrected chi connectivity index (χ2v) is 17.1. The van der Waals surface area contributed by atoms with Crippen LogP contribution in [0.4, 0.5) is 0 Å². The fourth-order valence-corrected chi connectivity index (χ4v) is 16.1. The Hall–Kier alpha value is -0.643. The molecule has 3 aliphatic rings. The van der Waals surface area contributed by atoms with E-state index < -0.39 is 8.07 Å².